The Labute approximate surface area is 106 Å². The molecule has 0 radical (unpaired) electrons. The van der Waals surface area contributed by atoms with Crippen LogP contribution in [0.3, 0.4) is 0 Å². The zero-order valence-electron chi connectivity index (χ0n) is 10.1. The molecule has 0 saturated carbocycles. The topological polar surface area (TPSA) is 39.7 Å². The Hall–Kier alpha value is -0.910. The van der Waals surface area contributed by atoms with E-state index in [2.05, 4.69) is 5.32 Å². The predicted octanol–water partition coefficient (Wildman–Crippen LogP) is 1.74. The van der Waals surface area contributed by atoms with Gasteiger partial charge in [0, 0.05) is 19.2 Å². The fraction of sp³-hybridized carbons (Fsp3) is 0.500. The Bertz CT molecular complexity index is 367. The molecule has 1 unspecified atom stereocenters. The number of methoxy groups -OCH3 is 2. The first-order chi connectivity index (χ1) is 8.33. The highest BCUT2D eigenvalue weighted by molar-refractivity contribution is 7.99. The third kappa shape index (κ3) is 3.28. The molecule has 94 valence electrons. The average Bonchev–Trinajstić information content (AvgIpc) is 2.40. The summed E-state index contributed by atoms with van der Waals surface area (Å²) in [4.78, 5) is 1.07. The summed E-state index contributed by atoms with van der Waals surface area (Å²) < 4.78 is 16.2. The lowest BCUT2D eigenvalue weighted by atomic mass is 10.3. The van der Waals surface area contributed by atoms with Crippen LogP contribution < -0.4 is 14.8 Å². The minimum Gasteiger partial charge on any atom is -0.497 e. The van der Waals surface area contributed by atoms with Crippen LogP contribution in [0.5, 0.6) is 11.5 Å². The molecule has 1 aliphatic rings. The quantitative estimate of drug-likeness (QED) is 0.887. The molecule has 0 bridgehead atoms. The normalized spacial score (nSPS) is 20.0. The summed E-state index contributed by atoms with van der Waals surface area (Å²) in [7, 11) is 3.31. The Balaban J connectivity index is 2.08. The van der Waals surface area contributed by atoms with Gasteiger partial charge in [-0.05, 0) is 12.1 Å². The van der Waals surface area contributed by atoms with E-state index in [0.717, 1.165) is 36.1 Å². The lowest BCUT2D eigenvalue weighted by Gasteiger charge is -2.23. The molecule has 2 rings (SSSR count). The lowest BCUT2D eigenvalue weighted by molar-refractivity contribution is 0.0852. The van der Waals surface area contributed by atoms with Crippen molar-refractivity contribution < 1.29 is 14.2 Å². The van der Waals surface area contributed by atoms with Crippen molar-refractivity contribution in [2.24, 2.45) is 0 Å². The minimum absolute atomic E-state index is 0.144. The van der Waals surface area contributed by atoms with Gasteiger partial charge in [-0.25, -0.2) is 0 Å². The highest BCUT2D eigenvalue weighted by atomic mass is 32.2. The van der Waals surface area contributed by atoms with Crippen LogP contribution in [0.15, 0.2) is 23.1 Å². The van der Waals surface area contributed by atoms with E-state index in [0.29, 0.717) is 0 Å². The van der Waals surface area contributed by atoms with Crippen LogP contribution in [-0.4, -0.2) is 39.4 Å². The van der Waals surface area contributed by atoms with Crippen LogP contribution in [0.1, 0.15) is 0 Å². The van der Waals surface area contributed by atoms with Gasteiger partial charge in [-0.1, -0.05) is 11.8 Å². The van der Waals surface area contributed by atoms with Crippen molar-refractivity contribution in [3.8, 4) is 11.5 Å². The van der Waals surface area contributed by atoms with Gasteiger partial charge in [0.25, 0.3) is 0 Å². The van der Waals surface area contributed by atoms with Crippen LogP contribution >= 0.6 is 11.8 Å². The number of nitrogens with one attached hydrogen (secondary N) is 1. The maximum Gasteiger partial charge on any atom is 0.136 e. The molecule has 0 aromatic heterocycles. The molecular formula is C12H17NO3S. The predicted molar refractivity (Wildman–Crippen MR) is 68.0 cm³/mol. The van der Waals surface area contributed by atoms with Crippen molar-refractivity contribution >= 4 is 11.8 Å². The summed E-state index contributed by atoms with van der Waals surface area (Å²) in [6.07, 6.45) is 0. The van der Waals surface area contributed by atoms with Crippen LogP contribution in [0, 0.1) is 0 Å². The maximum atomic E-state index is 5.65. The first-order valence-corrected chi connectivity index (χ1v) is 6.42. The third-order valence-corrected chi connectivity index (χ3v) is 3.68. The number of thioether (sulfide) groups is 1. The molecule has 1 saturated heterocycles. The summed E-state index contributed by atoms with van der Waals surface area (Å²) in [6, 6.07) is 5.82. The summed E-state index contributed by atoms with van der Waals surface area (Å²) >= 11 is 1.67. The van der Waals surface area contributed by atoms with Gasteiger partial charge in [0.1, 0.15) is 16.9 Å². The van der Waals surface area contributed by atoms with Crippen LogP contribution in [-0.2, 0) is 4.74 Å². The van der Waals surface area contributed by atoms with Crippen LogP contribution in [0.2, 0.25) is 0 Å². The first kappa shape index (κ1) is 12.5. The van der Waals surface area contributed by atoms with Crippen molar-refractivity contribution in [2.45, 2.75) is 10.3 Å². The number of rotatable bonds is 4. The maximum absolute atomic E-state index is 5.65. The Kier molecular flexibility index (Phi) is 4.53. The van der Waals surface area contributed by atoms with Gasteiger partial charge in [0.2, 0.25) is 0 Å². The van der Waals surface area contributed by atoms with Crippen molar-refractivity contribution in [1.29, 1.82) is 0 Å². The average molecular weight is 255 g/mol. The van der Waals surface area contributed by atoms with Crippen LogP contribution in [0.4, 0.5) is 0 Å². The molecule has 1 atom stereocenters. The van der Waals surface area contributed by atoms with E-state index >= 15 is 0 Å². The van der Waals surface area contributed by atoms with Gasteiger partial charge in [0.05, 0.1) is 25.7 Å². The monoisotopic (exact) mass is 255 g/mol. The molecule has 1 fully saturated rings. The lowest BCUT2D eigenvalue weighted by Crippen LogP contribution is -2.36. The third-order valence-electron chi connectivity index (χ3n) is 2.52. The second-order valence-electron chi connectivity index (χ2n) is 3.64. The fourth-order valence-corrected chi connectivity index (χ4v) is 2.68. The molecule has 5 heteroatoms. The molecule has 1 N–H and O–H groups in total. The molecule has 0 aliphatic carbocycles. The van der Waals surface area contributed by atoms with Gasteiger partial charge in [-0.2, -0.15) is 0 Å². The number of hydrogen-bond acceptors (Lipinski definition) is 5. The smallest absolute Gasteiger partial charge is 0.136 e. The molecule has 1 heterocycles. The van der Waals surface area contributed by atoms with E-state index in [1.807, 2.05) is 18.2 Å². The van der Waals surface area contributed by atoms with Crippen LogP contribution in [0.25, 0.3) is 0 Å². The summed E-state index contributed by atoms with van der Waals surface area (Å²) in [5.41, 5.74) is 0.144. The van der Waals surface area contributed by atoms with E-state index in [-0.39, 0.29) is 5.44 Å². The van der Waals surface area contributed by atoms with E-state index in [1.165, 1.54) is 0 Å². The number of morpholine rings is 1. The van der Waals surface area contributed by atoms with E-state index in [4.69, 9.17) is 14.2 Å². The van der Waals surface area contributed by atoms with Gasteiger partial charge < -0.3 is 19.5 Å². The zero-order chi connectivity index (χ0) is 12.1. The van der Waals surface area contributed by atoms with Crippen molar-refractivity contribution in [3.05, 3.63) is 18.2 Å². The molecular weight excluding hydrogens is 238 g/mol. The van der Waals surface area contributed by atoms with Gasteiger partial charge >= 0.3 is 0 Å². The number of benzene rings is 1. The van der Waals surface area contributed by atoms with E-state index in [1.54, 1.807) is 26.0 Å². The molecule has 0 amide bonds. The Morgan fingerprint density at radius 1 is 1.35 bits per heavy atom. The molecule has 17 heavy (non-hydrogen) atoms. The fourth-order valence-electron chi connectivity index (χ4n) is 1.63. The Morgan fingerprint density at radius 3 is 2.88 bits per heavy atom. The van der Waals surface area contributed by atoms with Gasteiger partial charge in [-0.15, -0.1) is 0 Å². The summed E-state index contributed by atoms with van der Waals surface area (Å²) in [5.74, 6) is 1.62. The molecule has 1 aliphatic heterocycles. The number of ether oxygens (including phenoxy) is 3. The van der Waals surface area contributed by atoms with Gasteiger partial charge in [-0.3, -0.25) is 0 Å². The summed E-state index contributed by atoms with van der Waals surface area (Å²) in [5, 5.41) is 3.30. The molecule has 0 spiro atoms. The van der Waals surface area contributed by atoms with Crippen molar-refractivity contribution in [3.63, 3.8) is 0 Å². The molecule has 4 nitrogen and oxygen atoms in total. The highest BCUT2D eigenvalue weighted by Crippen LogP contribution is 2.35. The van der Waals surface area contributed by atoms with E-state index < -0.39 is 0 Å². The van der Waals surface area contributed by atoms with Gasteiger partial charge in [0.15, 0.2) is 0 Å². The summed E-state index contributed by atoms with van der Waals surface area (Å²) in [6.45, 7) is 2.55. The number of hydrogen-bond donors (Lipinski definition) is 1. The van der Waals surface area contributed by atoms with E-state index in [9.17, 15) is 0 Å². The Morgan fingerprint density at radius 2 is 2.24 bits per heavy atom. The van der Waals surface area contributed by atoms with Crippen molar-refractivity contribution in [1.82, 2.24) is 5.32 Å². The SMILES string of the molecule is COc1ccc(SC2CNCCO2)c(OC)c1. The zero-order valence-corrected chi connectivity index (χ0v) is 10.9. The van der Waals surface area contributed by atoms with Crippen molar-refractivity contribution in [2.75, 3.05) is 33.9 Å². The second-order valence-corrected chi connectivity index (χ2v) is 4.84. The standard InChI is InChI=1S/C12H17NO3S/c1-14-9-3-4-11(10(7-9)15-2)17-12-8-13-5-6-16-12/h3-4,7,12-13H,5-6,8H2,1-2H3. The molecule has 1 aromatic carbocycles. The minimum atomic E-state index is 0.144. The first-order valence-electron chi connectivity index (χ1n) is 5.54. The molecule has 1 aromatic rings. The largest absolute Gasteiger partial charge is 0.497 e. The highest BCUT2D eigenvalue weighted by Gasteiger charge is 2.17. The second kappa shape index (κ2) is 6.14.